The van der Waals surface area contributed by atoms with Crippen molar-refractivity contribution in [1.82, 2.24) is 20.0 Å². The highest BCUT2D eigenvalue weighted by Gasteiger charge is 2.26. The molecule has 1 atom stereocenters. The SMILES string of the molecule is Cc1nc2sccn2c1CNC1CCC(=O)NC1=O. The van der Waals surface area contributed by atoms with Gasteiger partial charge in [0.2, 0.25) is 11.8 Å². The van der Waals surface area contributed by atoms with Crippen LogP contribution in [0.2, 0.25) is 0 Å². The Hall–Kier alpha value is -1.73. The number of hydrogen-bond donors (Lipinski definition) is 2. The summed E-state index contributed by atoms with van der Waals surface area (Å²) in [5, 5.41) is 7.53. The van der Waals surface area contributed by atoms with E-state index < -0.39 is 0 Å². The molecule has 1 aliphatic heterocycles. The number of nitrogens with one attached hydrogen (secondary N) is 2. The molecule has 0 radical (unpaired) electrons. The van der Waals surface area contributed by atoms with Crippen molar-refractivity contribution in [3.05, 3.63) is 23.0 Å². The van der Waals surface area contributed by atoms with Crippen LogP contribution in [0.1, 0.15) is 24.2 Å². The number of fused-ring (bicyclic) bond motifs is 1. The summed E-state index contributed by atoms with van der Waals surface area (Å²) in [4.78, 5) is 28.1. The average molecular weight is 278 g/mol. The van der Waals surface area contributed by atoms with Crippen LogP contribution in [-0.4, -0.2) is 27.2 Å². The van der Waals surface area contributed by atoms with E-state index >= 15 is 0 Å². The lowest BCUT2D eigenvalue weighted by Crippen LogP contribution is -2.50. The first kappa shape index (κ1) is 12.3. The number of amides is 2. The summed E-state index contributed by atoms with van der Waals surface area (Å²) in [7, 11) is 0. The molecule has 2 amide bonds. The van der Waals surface area contributed by atoms with Gasteiger partial charge in [0, 0.05) is 24.5 Å². The van der Waals surface area contributed by atoms with Crippen molar-refractivity contribution in [2.75, 3.05) is 0 Å². The summed E-state index contributed by atoms with van der Waals surface area (Å²) >= 11 is 1.58. The predicted octanol–water partition coefficient (Wildman–Crippen LogP) is 0.599. The van der Waals surface area contributed by atoms with Gasteiger partial charge in [0.25, 0.3) is 0 Å². The number of carbonyl (C=O) groups is 2. The number of imidazole rings is 1. The van der Waals surface area contributed by atoms with Gasteiger partial charge in [-0.25, -0.2) is 4.98 Å². The van der Waals surface area contributed by atoms with Gasteiger partial charge in [-0.05, 0) is 13.3 Å². The summed E-state index contributed by atoms with van der Waals surface area (Å²) in [5.41, 5.74) is 2.02. The fourth-order valence-electron chi connectivity index (χ4n) is 2.26. The number of aromatic nitrogens is 2. The monoisotopic (exact) mass is 278 g/mol. The minimum Gasteiger partial charge on any atom is -0.300 e. The van der Waals surface area contributed by atoms with Gasteiger partial charge in [-0.3, -0.25) is 19.3 Å². The van der Waals surface area contributed by atoms with E-state index in [9.17, 15) is 9.59 Å². The number of imide groups is 1. The molecule has 1 fully saturated rings. The first-order chi connectivity index (χ1) is 9.15. The smallest absolute Gasteiger partial charge is 0.243 e. The van der Waals surface area contributed by atoms with Crippen LogP contribution < -0.4 is 10.6 Å². The van der Waals surface area contributed by atoms with Crippen molar-refractivity contribution < 1.29 is 9.59 Å². The molecule has 6 nitrogen and oxygen atoms in total. The van der Waals surface area contributed by atoms with E-state index in [2.05, 4.69) is 15.6 Å². The average Bonchev–Trinajstić information content (AvgIpc) is 2.90. The minimum atomic E-state index is -0.304. The van der Waals surface area contributed by atoms with Crippen LogP contribution in [0, 0.1) is 6.92 Å². The summed E-state index contributed by atoms with van der Waals surface area (Å²) in [5.74, 6) is -0.427. The lowest BCUT2D eigenvalue weighted by molar-refractivity contribution is -0.134. The lowest BCUT2D eigenvalue weighted by atomic mass is 10.1. The number of rotatable bonds is 3. The van der Waals surface area contributed by atoms with Crippen LogP contribution in [-0.2, 0) is 16.1 Å². The molecule has 2 aromatic heterocycles. The van der Waals surface area contributed by atoms with Crippen LogP contribution in [0.25, 0.3) is 4.96 Å². The summed E-state index contributed by atoms with van der Waals surface area (Å²) in [6, 6.07) is -0.304. The first-order valence-electron chi connectivity index (χ1n) is 6.13. The number of nitrogens with zero attached hydrogens (tertiary/aromatic N) is 2. The summed E-state index contributed by atoms with van der Waals surface area (Å²) in [6.45, 7) is 2.53. The van der Waals surface area contributed by atoms with Gasteiger partial charge >= 0.3 is 0 Å². The summed E-state index contributed by atoms with van der Waals surface area (Å²) in [6.07, 6.45) is 2.92. The molecule has 100 valence electrons. The van der Waals surface area contributed by atoms with E-state index in [1.807, 2.05) is 22.9 Å². The summed E-state index contributed by atoms with van der Waals surface area (Å²) < 4.78 is 2.03. The highest BCUT2D eigenvalue weighted by molar-refractivity contribution is 7.15. The van der Waals surface area contributed by atoms with Gasteiger partial charge in [0.15, 0.2) is 4.96 Å². The minimum absolute atomic E-state index is 0.191. The first-order valence-corrected chi connectivity index (χ1v) is 7.01. The highest BCUT2D eigenvalue weighted by atomic mass is 32.1. The normalized spacial score (nSPS) is 19.9. The molecule has 19 heavy (non-hydrogen) atoms. The molecule has 1 unspecified atom stereocenters. The highest BCUT2D eigenvalue weighted by Crippen LogP contribution is 2.17. The second-order valence-corrected chi connectivity index (χ2v) is 5.46. The fraction of sp³-hybridized carbons (Fsp3) is 0.417. The molecule has 0 aromatic carbocycles. The van der Waals surface area contributed by atoms with E-state index in [-0.39, 0.29) is 17.9 Å². The second-order valence-electron chi connectivity index (χ2n) is 4.58. The Morgan fingerprint density at radius 3 is 3.21 bits per heavy atom. The van der Waals surface area contributed by atoms with Crippen LogP contribution in [0.3, 0.4) is 0 Å². The number of hydrogen-bond acceptors (Lipinski definition) is 5. The number of aryl methyl sites for hydroxylation is 1. The third kappa shape index (κ3) is 2.26. The molecule has 3 heterocycles. The number of thiazole rings is 1. The Labute approximate surface area is 113 Å². The molecular weight excluding hydrogens is 264 g/mol. The Kier molecular flexibility index (Phi) is 3.08. The van der Waals surface area contributed by atoms with Crippen LogP contribution >= 0.6 is 11.3 Å². The van der Waals surface area contributed by atoms with Crippen molar-refractivity contribution in [3.63, 3.8) is 0 Å². The molecule has 7 heteroatoms. The molecule has 2 aromatic rings. The molecule has 0 bridgehead atoms. The van der Waals surface area contributed by atoms with E-state index in [4.69, 9.17) is 0 Å². The maximum Gasteiger partial charge on any atom is 0.243 e. The van der Waals surface area contributed by atoms with Gasteiger partial charge in [-0.2, -0.15) is 0 Å². The second kappa shape index (κ2) is 4.75. The van der Waals surface area contributed by atoms with Gasteiger partial charge in [0.05, 0.1) is 17.4 Å². The lowest BCUT2D eigenvalue weighted by Gasteiger charge is -2.21. The molecule has 0 aliphatic carbocycles. The Morgan fingerprint density at radius 2 is 2.42 bits per heavy atom. The van der Waals surface area contributed by atoms with Gasteiger partial charge in [-0.1, -0.05) is 0 Å². The zero-order chi connectivity index (χ0) is 13.4. The van der Waals surface area contributed by atoms with Crippen LogP contribution in [0.15, 0.2) is 11.6 Å². The van der Waals surface area contributed by atoms with E-state index in [0.717, 1.165) is 16.3 Å². The zero-order valence-corrected chi connectivity index (χ0v) is 11.3. The van der Waals surface area contributed by atoms with Crippen molar-refractivity contribution in [2.45, 2.75) is 32.4 Å². The zero-order valence-electron chi connectivity index (χ0n) is 10.5. The standard InChI is InChI=1S/C12H14N4O2S/c1-7-9(16-4-5-19-12(16)14-7)6-13-8-2-3-10(17)15-11(8)18/h4-5,8,13H,2-3,6H2,1H3,(H,15,17,18). The van der Waals surface area contributed by atoms with Gasteiger partial charge in [0.1, 0.15) is 0 Å². The van der Waals surface area contributed by atoms with E-state index in [1.54, 1.807) is 11.3 Å². The van der Waals surface area contributed by atoms with E-state index in [0.29, 0.717) is 19.4 Å². The van der Waals surface area contributed by atoms with E-state index in [1.165, 1.54) is 0 Å². The molecular formula is C12H14N4O2S. The maximum absolute atomic E-state index is 11.6. The third-order valence-electron chi connectivity index (χ3n) is 3.32. The Bertz CT molecular complexity index is 645. The van der Waals surface area contributed by atoms with Gasteiger partial charge < -0.3 is 5.32 Å². The maximum atomic E-state index is 11.6. The van der Waals surface area contributed by atoms with Crippen molar-refractivity contribution in [1.29, 1.82) is 0 Å². The molecule has 0 spiro atoms. The number of piperidine rings is 1. The van der Waals surface area contributed by atoms with Gasteiger partial charge in [-0.15, -0.1) is 11.3 Å². The molecule has 3 rings (SSSR count). The van der Waals surface area contributed by atoms with Crippen molar-refractivity contribution in [3.8, 4) is 0 Å². The largest absolute Gasteiger partial charge is 0.300 e. The quantitative estimate of drug-likeness (QED) is 0.806. The third-order valence-corrected chi connectivity index (χ3v) is 4.07. The topological polar surface area (TPSA) is 75.5 Å². The number of carbonyl (C=O) groups excluding carboxylic acids is 2. The Balaban J connectivity index is 1.72. The van der Waals surface area contributed by atoms with Crippen molar-refractivity contribution in [2.24, 2.45) is 0 Å². The predicted molar refractivity (Wildman–Crippen MR) is 70.8 cm³/mol. The van der Waals surface area contributed by atoms with Crippen LogP contribution in [0.5, 0.6) is 0 Å². The van der Waals surface area contributed by atoms with Crippen LogP contribution in [0.4, 0.5) is 0 Å². The van der Waals surface area contributed by atoms with Crippen molar-refractivity contribution >= 4 is 28.1 Å². The Morgan fingerprint density at radius 1 is 1.58 bits per heavy atom. The molecule has 0 saturated carbocycles. The molecule has 1 saturated heterocycles. The molecule has 1 aliphatic rings. The molecule has 2 N–H and O–H groups in total. The fourth-order valence-corrected chi connectivity index (χ4v) is 3.04.